The first-order valence-electron chi connectivity index (χ1n) is 7.53. The topological polar surface area (TPSA) is 87.1 Å². The molecule has 0 aliphatic heterocycles. The highest BCUT2D eigenvalue weighted by Crippen LogP contribution is 2.32. The van der Waals surface area contributed by atoms with Crippen molar-refractivity contribution in [1.82, 2.24) is 25.1 Å². The average molecular weight is 347 g/mol. The molecule has 0 saturated carbocycles. The van der Waals surface area contributed by atoms with Gasteiger partial charge in [0.25, 0.3) is 0 Å². The number of fused-ring (bicyclic) bond motifs is 1. The Balaban J connectivity index is 1.99. The predicted molar refractivity (Wildman–Crippen MR) is 94.6 cm³/mol. The normalized spacial score (nSPS) is 11.7. The van der Waals surface area contributed by atoms with Gasteiger partial charge >= 0.3 is 6.03 Å². The van der Waals surface area contributed by atoms with Crippen LogP contribution in [-0.4, -0.2) is 32.9 Å². The monoisotopic (exact) mass is 346 g/mol. The lowest BCUT2D eigenvalue weighted by Crippen LogP contribution is -2.24. The van der Waals surface area contributed by atoms with E-state index in [9.17, 15) is 4.79 Å². The van der Waals surface area contributed by atoms with E-state index in [4.69, 9.17) is 11.6 Å². The summed E-state index contributed by atoms with van der Waals surface area (Å²) in [5, 5.41) is 13.4. The minimum atomic E-state index is -0.282. The van der Waals surface area contributed by atoms with Crippen molar-refractivity contribution in [3.8, 4) is 11.4 Å². The minimum absolute atomic E-state index is 0.128. The summed E-state index contributed by atoms with van der Waals surface area (Å²) in [5.74, 6) is 0.532. The van der Waals surface area contributed by atoms with Crippen molar-refractivity contribution < 1.29 is 4.79 Å². The van der Waals surface area contributed by atoms with Crippen LogP contribution in [0.15, 0.2) is 24.3 Å². The van der Waals surface area contributed by atoms with E-state index >= 15 is 0 Å². The van der Waals surface area contributed by atoms with Crippen LogP contribution < -0.4 is 10.6 Å². The molecule has 2 amide bonds. The fraction of sp³-hybridized carbons (Fsp3) is 0.312. The quantitative estimate of drug-likeness (QED) is 0.664. The lowest BCUT2D eigenvalue weighted by Gasteiger charge is -2.16. The third-order valence-corrected chi connectivity index (χ3v) is 3.95. The number of carbonyl (C=O) groups excluding carboxylic acids is 1. The van der Waals surface area contributed by atoms with Crippen LogP contribution in [-0.2, 0) is 5.41 Å². The van der Waals surface area contributed by atoms with E-state index in [0.29, 0.717) is 22.2 Å². The smallest absolute Gasteiger partial charge is 0.318 e. The van der Waals surface area contributed by atoms with Crippen LogP contribution >= 0.6 is 11.6 Å². The van der Waals surface area contributed by atoms with E-state index < -0.39 is 0 Å². The van der Waals surface area contributed by atoms with Gasteiger partial charge in [-0.1, -0.05) is 44.5 Å². The second kappa shape index (κ2) is 5.83. The molecule has 0 radical (unpaired) electrons. The lowest BCUT2D eigenvalue weighted by molar-refractivity contribution is 0.254. The molecule has 0 aliphatic rings. The highest BCUT2D eigenvalue weighted by atomic mass is 35.5. The van der Waals surface area contributed by atoms with E-state index in [2.05, 4.69) is 46.6 Å². The number of hydrogen-bond donors (Lipinski definition) is 3. The lowest BCUT2D eigenvalue weighted by atomic mass is 9.92. The number of nitrogens with zero attached hydrogens (tertiary/aromatic N) is 3. The van der Waals surface area contributed by atoms with E-state index in [0.717, 1.165) is 11.3 Å². The molecule has 0 atom stereocenters. The molecule has 1 aromatic carbocycles. The number of rotatable bonds is 2. The zero-order valence-corrected chi connectivity index (χ0v) is 14.7. The number of H-pyrrole nitrogens is 1. The van der Waals surface area contributed by atoms with Gasteiger partial charge in [-0.3, -0.25) is 5.10 Å². The number of carbonyl (C=O) groups is 1. The molecule has 7 nitrogen and oxygen atoms in total. The molecule has 0 fully saturated rings. The molecule has 3 N–H and O–H groups in total. The van der Waals surface area contributed by atoms with Crippen LogP contribution in [0, 0.1) is 0 Å². The van der Waals surface area contributed by atoms with Gasteiger partial charge in [-0.25, -0.2) is 9.78 Å². The molecule has 0 saturated heterocycles. The number of amides is 2. The van der Waals surface area contributed by atoms with E-state index in [1.54, 1.807) is 17.7 Å². The molecule has 0 spiro atoms. The maximum absolute atomic E-state index is 11.4. The van der Waals surface area contributed by atoms with Crippen LogP contribution in [0.4, 0.5) is 10.5 Å². The Morgan fingerprint density at radius 3 is 2.71 bits per heavy atom. The first-order chi connectivity index (χ1) is 11.3. The van der Waals surface area contributed by atoms with E-state index in [-0.39, 0.29) is 11.4 Å². The van der Waals surface area contributed by atoms with Crippen molar-refractivity contribution in [1.29, 1.82) is 0 Å². The van der Waals surface area contributed by atoms with Crippen LogP contribution in [0.1, 0.15) is 26.5 Å². The van der Waals surface area contributed by atoms with Crippen molar-refractivity contribution in [2.24, 2.45) is 0 Å². The maximum Gasteiger partial charge on any atom is 0.318 e. The van der Waals surface area contributed by atoms with Crippen molar-refractivity contribution in [3.63, 3.8) is 0 Å². The predicted octanol–water partition coefficient (Wildman–Crippen LogP) is 3.43. The van der Waals surface area contributed by atoms with Gasteiger partial charge < -0.3 is 10.6 Å². The number of hydrogen-bond acceptors (Lipinski definition) is 3. The number of aromatic nitrogens is 4. The zero-order valence-electron chi connectivity index (χ0n) is 13.9. The standard InChI is InChI=1S/C16H19ClN6O/c1-16(2,3)12-11(17)14-20-13(22-23(14)21-12)9-6-5-7-10(8-9)19-15(24)18-4/h5-8,21H,1-4H3,(H2,18,19,24). The summed E-state index contributed by atoms with van der Waals surface area (Å²) in [4.78, 5) is 15.9. The van der Waals surface area contributed by atoms with Crippen molar-refractivity contribution in [2.45, 2.75) is 26.2 Å². The Morgan fingerprint density at radius 1 is 1.33 bits per heavy atom. The van der Waals surface area contributed by atoms with E-state index in [1.807, 2.05) is 18.2 Å². The molecular weight excluding hydrogens is 328 g/mol. The van der Waals surface area contributed by atoms with Crippen LogP contribution in [0.3, 0.4) is 0 Å². The van der Waals surface area contributed by atoms with Gasteiger partial charge in [-0.2, -0.15) is 4.63 Å². The second-order valence-corrected chi connectivity index (χ2v) is 6.88. The average Bonchev–Trinajstić information content (AvgIpc) is 3.07. The van der Waals surface area contributed by atoms with Crippen molar-refractivity contribution in [2.75, 3.05) is 12.4 Å². The highest BCUT2D eigenvalue weighted by molar-refractivity contribution is 6.34. The molecule has 24 heavy (non-hydrogen) atoms. The van der Waals surface area contributed by atoms with E-state index in [1.165, 1.54) is 0 Å². The molecule has 2 aromatic heterocycles. The van der Waals surface area contributed by atoms with Crippen LogP contribution in [0.25, 0.3) is 17.0 Å². The Morgan fingerprint density at radius 2 is 2.08 bits per heavy atom. The summed E-state index contributed by atoms with van der Waals surface area (Å²) in [6.45, 7) is 6.21. The fourth-order valence-corrected chi connectivity index (χ4v) is 2.80. The van der Waals surface area contributed by atoms with Crippen molar-refractivity contribution in [3.05, 3.63) is 35.0 Å². The summed E-state index contributed by atoms with van der Waals surface area (Å²) in [6.07, 6.45) is 0. The SMILES string of the molecule is CNC(=O)Nc1cccc(-c2nc3c(Cl)c(C(C)(C)C)[nH]n3n2)c1. The largest absolute Gasteiger partial charge is 0.341 e. The zero-order chi connectivity index (χ0) is 17.5. The molecule has 0 aliphatic carbocycles. The number of anilines is 1. The summed E-state index contributed by atoms with van der Waals surface area (Å²) in [5.41, 5.74) is 2.79. The maximum atomic E-state index is 11.4. The summed E-state index contributed by atoms with van der Waals surface area (Å²) in [6, 6.07) is 7.03. The molecule has 0 bridgehead atoms. The molecule has 2 heterocycles. The molecule has 3 rings (SSSR count). The Labute approximate surface area is 144 Å². The number of aromatic amines is 1. The second-order valence-electron chi connectivity index (χ2n) is 6.51. The fourth-order valence-electron chi connectivity index (χ4n) is 2.35. The van der Waals surface area contributed by atoms with Gasteiger partial charge in [0.2, 0.25) is 0 Å². The third kappa shape index (κ3) is 2.94. The number of halogens is 1. The first kappa shape index (κ1) is 16.3. The highest BCUT2D eigenvalue weighted by Gasteiger charge is 2.24. The van der Waals surface area contributed by atoms with Gasteiger partial charge in [0.05, 0.1) is 5.69 Å². The van der Waals surface area contributed by atoms with Crippen molar-refractivity contribution >= 4 is 29.0 Å². The van der Waals surface area contributed by atoms with Gasteiger partial charge in [-0.15, -0.1) is 5.10 Å². The Hall–Kier alpha value is -2.54. The van der Waals surface area contributed by atoms with Gasteiger partial charge in [0.15, 0.2) is 11.5 Å². The first-order valence-corrected chi connectivity index (χ1v) is 7.91. The molecule has 0 unspecified atom stereocenters. The number of nitrogens with one attached hydrogen (secondary N) is 3. The van der Waals surface area contributed by atoms with Gasteiger partial charge in [0, 0.05) is 23.7 Å². The summed E-state index contributed by atoms with van der Waals surface area (Å²) >= 11 is 6.44. The third-order valence-electron chi connectivity index (χ3n) is 3.60. The number of urea groups is 1. The minimum Gasteiger partial charge on any atom is -0.341 e. The Kier molecular flexibility index (Phi) is 3.96. The van der Waals surface area contributed by atoms with Crippen LogP contribution in [0.2, 0.25) is 5.02 Å². The molecule has 3 aromatic rings. The van der Waals surface area contributed by atoms with Crippen LogP contribution in [0.5, 0.6) is 0 Å². The molecule has 8 heteroatoms. The summed E-state index contributed by atoms with van der Waals surface area (Å²) < 4.78 is 1.58. The molecular formula is C16H19ClN6O. The van der Waals surface area contributed by atoms with Gasteiger partial charge in [-0.05, 0) is 12.1 Å². The Bertz CT molecular complexity index is 905. The number of benzene rings is 1. The van der Waals surface area contributed by atoms with Gasteiger partial charge in [0.1, 0.15) is 5.02 Å². The summed E-state index contributed by atoms with van der Waals surface area (Å²) in [7, 11) is 1.56. The molecule has 126 valence electrons.